The first-order valence-electron chi connectivity index (χ1n) is 7.51. The molecule has 1 aromatic heterocycles. The van der Waals surface area contributed by atoms with Gasteiger partial charge in [-0.25, -0.2) is 4.79 Å². The van der Waals surface area contributed by atoms with Gasteiger partial charge in [0.25, 0.3) is 0 Å². The first-order chi connectivity index (χ1) is 11.5. The maximum absolute atomic E-state index is 12.4. The lowest BCUT2D eigenvalue weighted by Gasteiger charge is -2.10. The molecular formula is C18H17ClN2O3. The quantitative estimate of drug-likeness (QED) is 0.717. The van der Waals surface area contributed by atoms with Crippen molar-refractivity contribution in [2.24, 2.45) is 0 Å². The number of esters is 1. The van der Waals surface area contributed by atoms with Crippen LogP contribution in [0.3, 0.4) is 0 Å². The third-order valence-corrected chi connectivity index (χ3v) is 4.46. The molecule has 2 aromatic carbocycles. The second-order valence-corrected chi connectivity index (χ2v) is 6.01. The summed E-state index contributed by atoms with van der Waals surface area (Å²) in [5.74, 6) is -0.737. The summed E-state index contributed by atoms with van der Waals surface area (Å²) < 4.78 is 6.40. The van der Waals surface area contributed by atoms with Crippen molar-refractivity contribution >= 4 is 45.4 Å². The molecule has 1 atom stereocenters. The van der Waals surface area contributed by atoms with Gasteiger partial charge in [0.05, 0.1) is 24.1 Å². The summed E-state index contributed by atoms with van der Waals surface area (Å²) in [6.45, 7) is 1.77. The molecule has 0 saturated carbocycles. The van der Waals surface area contributed by atoms with Crippen molar-refractivity contribution in [2.45, 2.75) is 12.8 Å². The summed E-state index contributed by atoms with van der Waals surface area (Å²) in [7, 11) is 2.94. The van der Waals surface area contributed by atoms with Crippen molar-refractivity contribution in [1.82, 2.24) is 9.88 Å². The minimum absolute atomic E-state index is 0.250. The maximum Gasteiger partial charge on any atom is 0.326 e. The fourth-order valence-electron chi connectivity index (χ4n) is 2.92. The van der Waals surface area contributed by atoms with Crippen molar-refractivity contribution < 1.29 is 14.3 Å². The Labute approximate surface area is 144 Å². The van der Waals surface area contributed by atoms with Gasteiger partial charge in [-0.1, -0.05) is 23.7 Å². The van der Waals surface area contributed by atoms with Crippen LogP contribution in [-0.2, 0) is 9.53 Å². The Hall–Kier alpha value is -2.53. The normalized spacial score (nSPS) is 12.3. The highest BCUT2D eigenvalue weighted by atomic mass is 35.5. The van der Waals surface area contributed by atoms with Crippen LogP contribution in [-0.4, -0.2) is 30.7 Å². The number of amides is 1. The van der Waals surface area contributed by atoms with Crippen molar-refractivity contribution in [1.29, 1.82) is 0 Å². The fraction of sp³-hybridized carbons (Fsp3) is 0.222. The predicted molar refractivity (Wildman–Crippen MR) is 94.7 cm³/mol. The van der Waals surface area contributed by atoms with Crippen LogP contribution >= 0.6 is 11.6 Å². The number of hydrogen-bond donors (Lipinski definition) is 1. The third kappa shape index (κ3) is 2.51. The predicted octanol–water partition coefficient (Wildman–Crippen LogP) is 3.91. The van der Waals surface area contributed by atoms with Gasteiger partial charge >= 0.3 is 12.0 Å². The Bertz CT molecular complexity index is 962. The Morgan fingerprint density at radius 2 is 1.88 bits per heavy atom. The smallest absolute Gasteiger partial charge is 0.326 e. The number of rotatable bonds is 2. The average molecular weight is 345 g/mol. The standard InChI is InChI=1S/C18H17ClN2O3/c1-10(17(22)24-3)11-4-6-13-14-9-12(19)5-7-15(14)21(16(13)8-11)18(23)20-2/h4-10H,1-3H3,(H,20,23). The Morgan fingerprint density at radius 1 is 1.12 bits per heavy atom. The average Bonchev–Trinajstić information content (AvgIpc) is 2.92. The summed E-state index contributed by atoms with van der Waals surface area (Å²) in [6.07, 6.45) is 0. The molecule has 124 valence electrons. The van der Waals surface area contributed by atoms with Crippen molar-refractivity contribution in [3.05, 3.63) is 47.0 Å². The summed E-state index contributed by atoms with van der Waals surface area (Å²) in [5.41, 5.74) is 2.27. The zero-order valence-corrected chi connectivity index (χ0v) is 14.3. The van der Waals surface area contributed by atoms with E-state index in [0.29, 0.717) is 5.02 Å². The van der Waals surface area contributed by atoms with E-state index in [1.54, 1.807) is 24.6 Å². The first kappa shape index (κ1) is 16.3. The third-order valence-electron chi connectivity index (χ3n) is 4.22. The fourth-order valence-corrected chi connectivity index (χ4v) is 3.10. The van der Waals surface area contributed by atoms with E-state index in [1.807, 2.05) is 30.3 Å². The van der Waals surface area contributed by atoms with Crippen molar-refractivity contribution in [2.75, 3.05) is 14.2 Å². The molecule has 0 spiro atoms. The van der Waals surface area contributed by atoms with E-state index in [2.05, 4.69) is 5.32 Å². The molecule has 0 saturated heterocycles. The van der Waals surface area contributed by atoms with Gasteiger partial charge in [0.1, 0.15) is 0 Å². The number of fused-ring (bicyclic) bond motifs is 3. The monoisotopic (exact) mass is 344 g/mol. The van der Waals surface area contributed by atoms with E-state index < -0.39 is 5.92 Å². The number of halogens is 1. The lowest BCUT2D eigenvalue weighted by molar-refractivity contribution is -0.141. The van der Waals surface area contributed by atoms with Crippen LogP contribution in [0.2, 0.25) is 5.02 Å². The van der Waals surface area contributed by atoms with Crippen LogP contribution < -0.4 is 5.32 Å². The van der Waals surface area contributed by atoms with E-state index in [4.69, 9.17) is 16.3 Å². The summed E-state index contributed by atoms with van der Waals surface area (Å²) in [4.78, 5) is 24.2. The molecule has 0 fully saturated rings. The molecular weight excluding hydrogens is 328 g/mol. The highest BCUT2D eigenvalue weighted by Crippen LogP contribution is 2.33. The van der Waals surface area contributed by atoms with E-state index >= 15 is 0 Å². The van der Waals surface area contributed by atoms with Crippen LogP contribution in [0.1, 0.15) is 18.4 Å². The highest BCUT2D eigenvalue weighted by molar-refractivity contribution is 6.32. The maximum atomic E-state index is 12.4. The molecule has 24 heavy (non-hydrogen) atoms. The molecule has 1 unspecified atom stereocenters. The summed E-state index contributed by atoms with van der Waals surface area (Å²) in [6, 6.07) is 10.8. The molecule has 0 aliphatic rings. The number of aromatic nitrogens is 1. The number of methoxy groups -OCH3 is 1. The minimum Gasteiger partial charge on any atom is -0.469 e. The van der Waals surface area contributed by atoms with E-state index in [0.717, 1.165) is 27.4 Å². The number of nitrogens with one attached hydrogen (secondary N) is 1. The molecule has 0 aliphatic heterocycles. The number of benzene rings is 2. The van der Waals surface area contributed by atoms with E-state index in [9.17, 15) is 9.59 Å². The zero-order valence-electron chi connectivity index (χ0n) is 13.6. The topological polar surface area (TPSA) is 60.3 Å². The Kier molecular flexibility index (Phi) is 4.20. The van der Waals surface area contributed by atoms with Gasteiger partial charge in [-0.05, 0) is 36.8 Å². The number of carbonyl (C=O) groups excluding carboxylic acids is 2. The van der Waals surface area contributed by atoms with Crippen LogP contribution in [0, 0.1) is 0 Å². The van der Waals surface area contributed by atoms with Gasteiger partial charge in [0, 0.05) is 22.8 Å². The van der Waals surface area contributed by atoms with Gasteiger partial charge in [-0.2, -0.15) is 0 Å². The Morgan fingerprint density at radius 3 is 2.54 bits per heavy atom. The molecule has 6 heteroatoms. The lowest BCUT2D eigenvalue weighted by Crippen LogP contribution is -2.24. The number of nitrogens with zero attached hydrogens (tertiary/aromatic N) is 1. The lowest BCUT2D eigenvalue weighted by atomic mass is 9.99. The minimum atomic E-state index is -0.417. The Balaban J connectivity index is 2.33. The number of carbonyl (C=O) groups is 2. The molecule has 3 rings (SSSR count). The molecule has 1 N–H and O–H groups in total. The molecule has 1 amide bonds. The van der Waals surface area contributed by atoms with Gasteiger partial charge in [0.15, 0.2) is 0 Å². The van der Waals surface area contributed by atoms with E-state index in [1.165, 1.54) is 7.11 Å². The zero-order chi connectivity index (χ0) is 17.4. The van der Waals surface area contributed by atoms with Gasteiger partial charge in [0.2, 0.25) is 0 Å². The van der Waals surface area contributed by atoms with Gasteiger partial charge in [-0.3, -0.25) is 9.36 Å². The van der Waals surface area contributed by atoms with Crippen LogP contribution in [0.5, 0.6) is 0 Å². The van der Waals surface area contributed by atoms with Crippen LogP contribution in [0.4, 0.5) is 4.79 Å². The summed E-state index contributed by atoms with van der Waals surface area (Å²) >= 11 is 6.11. The van der Waals surface area contributed by atoms with Gasteiger partial charge in [-0.15, -0.1) is 0 Å². The molecule has 3 aromatic rings. The molecule has 0 bridgehead atoms. The number of ether oxygens (including phenoxy) is 1. The second-order valence-electron chi connectivity index (χ2n) is 5.57. The molecule has 5 nitrogen and oxygen atoms in total. The SMILES string of the molecule is CNC(=O)n1c2ccc(Cl)cc2c2ccc(C(C)C(=O)OC)cc21. The largest absolute Gasteiger partial charge is 0.469 e. The molecule has 0 radical (unpaired) electrons. The number of hydrogen-bond acceptors (Lipinski definition) is 3. The van der Waals surface area contributed by atoms with Crippen LogP contribution in [0.25, 0.3) is 21.8 Å². The summed E-state index contributed by atoms with van der Waals surface area (Å²) in [5, 5.41) is 5.04. The van der Waals surface area contributed by atoms with Crippen LogP contribution in [0.15, 0.2) is 36.4 Å². The molecule has 1 heterocycles. The van der Waals surface area contributed by atoms with E-state index in [-0.39, 0.29) is 12.0 Å². The van der Waals surface area contributed by atoms with Crippen molar-refractivity contribution in [3.8, 4) is 0 Å². The highest BCUT2D eigenvalue weighted by Gasteiger charge is 2.20. The second kappa shape index (κ2) is 6.17. The van der Waals surface area contributed by atoms with Gasteiger partial charge < -0.3 is 10.1 Å². The first-order valence-corrected chi connectivity index (χ1v) is 7.89. The molecule has 0 aliphatic carbocycles. The van der Waals surface area contributed by atoms with Crippen molar-refractivity contribution in [3.63, 3.8) is 0 Å².